The van der Waals surface area contributed by atoms with E-state index in [1.807, 2.05) is 6.92 Å². The van der Waals surface area contributed by atoms with Gasteiger partial charge < -0.3 is 15.0 Å². The molecule has 0 aliphatic carbocycles. The number of nitrogens with one attached hydrogen (secondary N) is 1. The van der Waals surface area contributed by atoms with Crippen molar-refractivity contribution < 1.29 is 27.5 Å². The zero-order valence-corrected chi connectivity index (χ0v) is 23.0. The van der Waals surface area contributed by atoms with Crippen molar-refractivity contribution in [2.24, 2.45) is 4.99 Å². The van der Waals surface area contributed by atoms with E-state index < -0.39 is 35.4 Å². The first kappa shape index (κ1) is 29.5. The van der Waals surface area contributed by atoms with Crippen molar-refractivity contribution in [2.45, 2.75) is 38.3 Å². The fourth-order valence-corrected chi connectivity index (χ4v) is 4.90. The van der Waals surface area contributed by atoms with Gasteiger partial charge in [0.25, 0.3) is 0 Å². The number of halogens is 3. The Morgan fingerprint density at radius 3 is 2.34 bits per heavy atom. The number of amides is 2. The highest BCUT2D eigenvalue weighted by Crippen LogP contribution is 2.45. The van der Waals surface area contributed by atoms with Gasteiger partial charge in [-0.05, 0) is 61.4 Å². The van der Waals surface area contributed by atoms with Gasteiger partial charge in [0.15, 0.2) is 0 Å². The number of hydrogen-bond donors (Lipinski definition) is 1. The number of hydrogen-bond acceptors (Lipinski definition) is 5. The first-order valence-electron chi connectivity index (χ1n) is 13.3. The summed E-state index contributed by atoms with van der Waals surface area (Å²) in [5, 5.41) is 7.94. The Labute approximate surface area is 236 Å². The molecule has 0 bridgehead atoms. The van der Waals surface area contributed by atoms with Crippen molar-refractivity contribution in [3.05, 3.63) is 83.4 Å². The van der Waals surface area contributed by atoms with Crippen LogP contribution in [0.4, 0.5) is 30.2 Å². The summed E-state index contributed by atoms with van der Waals surface area (Å²) in [4.78, 5) is 35.5. The number of anilines is 3. The third-order valence-corrected chi connectivity index (χ3v) is 6.89. The summed E-state index contributed by atoms with van der Waals surface area (Å²) < 4.78 is 47.0. The molecule has 0 saturated heterocycles. The number of ether oxygens (including phenoxy) is 1. The molecular weight excluding hydrogens is 533 g/mol. The molecule has 41 heavy (non-hydrogen) atoms. The predicted octanol–water partition coefficient (Wildman–Crippen LogP) is 6.74. The van der Waals surface area contributed by atoms with E-state index >= 15 is 0 Å². The molecule has 4 rings (SSSR count). The van der Waals surface area contributed by atoms with Crippen LogP contribution >= 0.6 is 0 Å². The van der Waals surface area contributed by atoms with E-state index in [0.717, 1.165) is 18.6 Å². The van der Waals surface area contributed by atoms with E-state index in [1.54, 1.807) is 61.7 Å². The predicted molar refractivity (Wildman–Crippen MR) is 154 cm³/mol. The summed E-state index contributed by atoms with van der Waals surface area (Å²) in [5.74, 6) is -3.01. The molecule has 1 aliphatic rings. The minimum Gasteiger partial charge on any atom is -0.496 e. The van der Waals surface area contributed by atoms with Crippen LogP contribution in [0.2, 0.25) is 0 Å². The van der Waals surface area contributed by atoms with Crippen LogP contribution < -0.4 is 14.5 Å². The largest absolute Gasteiger partial charge is 0.496 e. The van der Waals surface area contributed by atoms with Crippen LogP contribution in [0.25, 0.3) is 0 Å². The second-order valence-electron chi connectivity index (χ2n) is 9.48. The average Bonchev–Trinajstić information content (AvgIpc) is 3.05. The summed E-state index contributed by atoms with van der Waals surface area (Å²) in [6.07, 6.45) is -0.975. The van der Waals surface area contributed by atoms with Crippen molar-refractivity contribution in [2.75, 3.05) is 30.0 Å². The lowest BCUT2D eigenvalue weighted by atomic mass is 9.90. The summed E-state index contributed by atoms with van der Waals surface area (Å²) in [5.41, 5.74) is 0.377. The monoisotopic (exact) mass is 564 g/mol. The smallest absolute Gasteiger partial charge is 0.416 e. The van der Waals surface area contributed by atoms with Crippen molar-refractivity contribution in [1.29, 1.82) is 5.41 Å². The fraction of sp³-hybridized carbons (Fsp3) is 0.290. The SMILES string of the molecule is CCCN=CC(C=N)c1ccc(OC)c(C2C(=O)N(CC)c3ccc(C(F)(F)F)cc3N(c3ccccc3)C2=O)c1. The lowest BCUT2D eigenvalue weighted by Crippen LogP contribution is -2.39. The second-order valence-corrected chi connectivity index (χ2v) is 9.48. The van der Waals surface area contributed by atoms with Crippen LogP contribution in [-0.4, -0.2) is 44.4 Å². The first-order chi connectivity index (χ1) is 19.7. The number of fused-ring (bicyclic) bond motifs is 1. The summed E-state index contributed by atoms with van der Waals surface area (Å²) >= 11 is 0. The number of carbonyl (C=O) groups excluding carboxylic acids is 2. The maximum Gasteiger partial charge on any atom is 0.416 e. The molecule has 0 aromatic heterocycles. The number of benzene rings is 3. The van der Waals surface area contributed by atoms with E-state index in [0.29, 0.717) is 17.8 Å². The molecule has 7 nitrogen and oxygen atoms in total. The van der Waals surface area contributed by atoms with Crippen LogP contribution in [0.5, 0.6) is 5.75 Å². The highest BCUT2D eigenvalue weighted by atomic mass is 19.4. The number of likely N-dealkylation sites (N-methyl/N-ethyl adjacent to an activating group) is 1. The third-order valence-electron chi connectivity index (χ3n) is 6.89. The lowest BCUT2D eigenvalue weighted by Gasteiger charge is -2.26. The van der Waals surface area contributed by atoms with E-state index in [-0.39, 0.29) is 29.2 Å². The van der Waals surface area contributed by atoms with Gasteiger partial charge in [0, 0.05) is 36.8 Å². The average molecular weight is 565 g/mol. The number of methoxy groups -OCH3 is 1. The van der Waals surface area contributed by atoms with E-state index in [9.17, 15) is 22.8 Å². The number of para-hydroxylation sites is 1. The fourth-order valence-electron chi connectivity index (χ4n) is 4.90. The molecule has 2 unspecified atom stereocenters. The zero-order valence-electron chi connectivity index (χ0n) is 23.0. The van der Waals surface area contributed by atoms with Crippen LogP contribution in [0.1, 0.15) is 48.8 Å². The van der Waals surface area contributed by atoms with Gasteiger partial charge in [-0.1, -0.05) is 31.2 Å². The molecule has 0 spiro atoms. The molecule has 3 aromatic rings. The Balaban J connectivity index is 1.97. The van der Waals surface area contributed by atoms with Gasteiger partial charge in [0.1, 0.15) is 11.7 Å². The maximum atomic E-state index is 14.4. The van der Waals surface area contributed by atoms with Crippen molar-refractivity contribution >= 4 is 41.3 Å². The summed E-state index contributed by atoms with van der Waals surface area (Å²) in [6, 6.07) is 16.3. The first-order valence-corrected chi connectivity index (χ1v) is 13.3. The molecular formula is C31H31F3N4O3. The normalized spacial score (nSPS) is 16.5. The van der Waals surface area contributed by atoms with Gasteiger partial charge in [-0.25, -0.2) is 0 Å². The van der Waals surface area contributed by atoms with E-state index in [1.165, 1.54) is 29.2 Å². The summed E-state index contributed by atoms with van der Waals surface area (Å²) in [6.45, 7) is 4.38. The molecule has 1 aliphatic heterocycles. The Hall–Kier alpha value is -4.47. The molecule has 0 saturated carbocycles. The highest BCUT2D eigenvalue weighted by Gasteiger charge is 2.44. The van der Waals surface area contributed by atoms with Crippen molar-refractivity contribution in [3.8, 4) is 5.75 Å². The topological polar surface area (TPSA) is 86.1 Å². The molecule has 2 atom stereocenters. The number of aliphatic imine (C=N–C) groups is 1. The van der Waals surface area contributed by atoms with Crippen LogP contribution in [0, 0.1) is 5.41 Å². The van der Waals surface area contributed by atoms with Gasteiger partial charge in [-0.3, -0.25) is 19.5 Å². The van der Waals surface area contributed by atoms with Crippen molar-refractivity contribution in [1.82, 2.24) is 0 Å². The molecule has 0 fully saturated rings. The van der Waals surface area contributed by atoms with Gasteiger partial charge in [0.05, 0.1) is 30.0 Å². The minimum atomic E-state index is -4.66. The lowest BCUT2D eigenvalue weighted by molar-refractivity contribution is -0.137. The Morgan fingerprint density at radius 1 is 1.00 bits per heavy atom. The van der Waals surface area contributed by atoms with Crippen LogP contribution in [0.15, 0.2) is 71.7 Å². The molecule has 3 aromatic carbocycles. The van der Waals surface area contributed by atoms with Gasteiger partial charge in [-0.15, -0.1) is 0 Å². The van der Waals surface area contributed by atoms with Crippen molar-refractivity contribution in [3.63, 3.8) is 0 Å². The molecule has 1 heterocycles. The molecule has 214 valence electrons. The van der Waals surface area contributed by atoms with Gasteiger partial charge >= 0.3 is 6.18 Å². The number of rotatable bonds is 9. The molecule has 10 heteroatoms. The Morgan fingerprint density at radius 2 is 1.73 bits per heavy atom. The van der Waals surface area contributed by atoms with E-state index in [4.69, 9.17) is 10.1 Å². The Bertz CT molecular complexity index is 1460. The molecule has 1 N–H and O–H groups in total. The maximum absolute atomic E-state index is 14.4. The van der Waals surface area contributed by atoms with Crippen LogP contribution in [0.3, 0.4) is 0 Å². The standard InChI is InChI=1S/C31H31F3N4O3/c1-4-15-36-19-21(18-35)20-11-14-27(41-3)24(16-20)28-29(39)37(5-2)25-13-12-22(31(32,33)34)17-26(25)38(30(28)40)23-9-7-6-8-10-23/h6-14,16-19,21,28,35H,4-5,15H2,1-3H3. The van der Waals surface area contributed by atoms with Crippen LogP contribution in [-0.2, 0) is 15.8 Å². The molecule has 2 amide bonds. The van der Waals surface area contributed by atoms with E-state index in [2.05, 4.69) is 4.99 Å². The Kier molecular flexibility index (Phi) is 8.90. The molecule has 0 radical (unpaired) electrons. The third kappa shape index (κ3) is 5.86. The number of nitrogens with zero attached hydrogens (tertiary/aromatic N) is 3. The zero-order chi connectivity index (χ0) is 29.7. The second kappa shape index (κ2) is 12.4. The number of alkyl halides is 3. The quantitative estimate of drug-likeness (QED) is 0.231. The highest BCUT2D eigenvalue weighted by molar-refractivity contribution is 6.23. The van der Waals surface area contributed by atoms with Gasteiger partial charge in [-0.2, -0.15) is 13.2 Å². The van der Waals surface area contributed by atoms with Gasteiger partial charge in [0.2, 0.25) is 11.8 Å². The minimum absolute atomic E-state index is 0.0482. The summed E-state index contributed by atoms with van der Waals surface area (Å²) in [7, 11) is 1.41. The number of carbonyl (C=O) groups is 2.